The van der Waals surface area contributed by atoms with Crippen molar-refractivity contribution < 1.29 is 13.6 Å². The molecule has 0 atom stereocenters. The first-order chi connectivity index (χ1) is 10.9. The highest BCUT2D eigenvalue weighted by Crippen LogP contribution is 2.30. The Bertz CT molecular complexity index is 692. The molecule has 4 nitrogen and oxygen atoms in total. The van der Waals surface area contributed by atoms with E-state index in [1.165, 1.54) is 6.08 Å². The second-order valence-electron chi connectivity index (χ2n) is 5.56. The summed E-state index contributed by atoms with van der Waals surface area (Å²) < 4.78 is 26.7. The third-order valence-electron chi connectivity index (χ3n) is 3.78. The van der Waals surface area contributed by atoms with Crippen LogP contribution in [0, 0.1) is 0 Å². The molecule has 0 aromatic carbocycles. The molecule has 122 valence electrons. The summed E-state index contributed by atoms with van der Waals surface area (Å²) in [5, 5.41) is 4.66. The van der Waals surface area contributed by atoms with Gasteiger partial charge in [0.2, 0.25) is 0 Å². The summed E-state index contributed by atoms with van der Waals surface area (Å²) in [5.41, 5.74) is 8.13. The molecule has 1 aromatic rings. The van der Waals surface area contributed by atoms with Gasteiger partial charge in [0.25, 0.3) is 5.92 Å². The quantitative estimate of drug-likeness (QED) is 0.814. The number of amides is 2. The second-order valence-corrected chi connectivity index (χ2v) is 6.51. The Morgan fingerprint density at radius 2 is 2.22 bits per heavy atom. The summed E-state index contributed by atoms with van der Waals surface area (Å²) in [6.45, 7) is -0.458. The molecule has 0 radical (unpaired) electrons. The first kappa shape index (κ1) is 15.7. The van der Waals surface area contributed by atoms with Crippen molar-refractivity contribution in [2.24, 2.45) is 5.73 Å². The van der Waals surface area contributed by atoms with Gasteiger partial charge < -0.3 is 16.0 Å². The van der Waals surface area contributed by atoms with Crippen molar-refractivity contribution in [3.05, 3.63) is 52.0 Å². The maximum Gasteiger partial charge on any atom is 0.322 e. The Hall–Kier alpha value is -2.15. The van der Waals surface area contributed by atoms with E-state index in [-0.39, 0.29) is 6.54 Å². The van der Waals surface area contributed by atoms with Gasteiger partial charge in [-0.3, -0.25) is 0 Å². The minimum absolute atomic E-state index is 0.163. The second kappa shape index (κ2) is 6.16. The Morgan fingerprint density at radius 3 is 2.91 bits per heavy atom. The molecular formula is C16H17F2N3OS. The molecule has 0 bridgehead atoms. The van der Waals surface area contributed by atoms with Gasteiger partial charge in [-0.1, -0.05) is 12.1 Å². The molecular weight excluding hydrogens is 320 g/mol. The molecule has 0 spiro atoms. The summed E-state index contributed by atoms with van der Waals surface area (Å²) in [7, 11) is 0. The molecule has 1 aromatic heterocycles. The van der Waals surface area contributed by atoms with Crippen LogP contribution in [0.5, 0.6) is 0 Å². The molecule has 2 aliphatic rings. The molecule has 0 saturated carbocycles. The average Bonchev–Trinajstić information content (AvgIpc) is 3.02. The fraction of sp³-hybridized carbons (Fsp3) is 0.312. The van der Waals surface area contributed by atoms with Crippen LogP contribution in [0.2, 0.25) is 0 Å². The van der Waals surface area contributed by atoms with Crippen LogP contribution in [0.1, 0.15) is 17.7 Å². The van der Waals surface area contributed by atoms with Gasteiger partial charge >= 0.3 is 6.03 Å². The highest BCUT2D eigenvalue weighted by molar-refractivity contribution is 7.11. The number of nitrogens with zero attached hydrogens (tertiary/aromatic N) is 1. The zero-order valence-electron chi connectivity index (χ0n) is 12.4. The maximum absolute atomic E-state index is 13.4. The average molecular weight is 337 g/mol. The van der Waals surface area contributed by atoms with E-state index in [4.69, 9.17) is 5.73 Å². The lowest BCUT2D eigenvalue weighted by atomic mass is 9.99. The predicted octanol–water partition coefficient (Wildman–Crippen LogP) is 3.31. The molecule has 7 heteroatoms. The van der Waals surface area contributed by atoms with Gasteiger partial charge in [0, 0.05) is 17.1 Å². The fourth-order valence-electron chi connectivity index (χ4n) is 2.59. The van der Waals surface area contributed by atoms with Crippen LogP contribution >= 0.6 is 11.3 Å². The molecule has 1 aliphatic carbocycles. The lowest BCUT2D eigenvalue weighted by Gasteiger charge is -2.29. The SMILES string of the molecule is NC1=C(NC(=O)N2CC=CC(F)(F)C2)C=C(c2cccs2)CC1. The highest BCUT2D eigenvalue weighted by atomic mass is 32.1. The van der Waals surface area contributed by atoms with Crippen LogP contribution in [-0.2, 0) is 0 Å². The molecule has 0 fully saturated rings. The number of hydrogen-bond acceptors (Lipinski definition) is 3. The number of rotatable bonds is 2. The minimum Gasteiger partial charge on any atom is -0.400 e. The van der Waals surface area contributed by atoms with E-state index in [0.29, 0.717) is 17.8 Å². The largest absolute Gasteiger partial charge is 0.400 e. The number of nitrogens with two attached hydrogens (primary N) is 1. The van der Waals surface area contributed by atoms with Gasteiger partial charge in [0.15, 0.2) is 0 Å². The Kier molecular flexibility index (Phi) is 4.21. The Morgan fingerprint density at radius 1 is 1.39 bits per heavy atom. The van der Waals surface area contributed by atoms with E-state index in [1.807, 2.05) is 23.6 Å². The topological polar surface area (TPSA) is 58.4 Å². The number of carbonyl (C=O) groups is 1. The van der Waals surface area contributed by atoms with Gasteiger partial charge in [0.05, 0.1) is 12.2 Å². The van der Waals surface area contributed by atoms with E-state index in [0.717, 1.165) is 27.8 Å². The van der Waals surface area contributed by atoms with E-state index in [9.17, 15) is 13.6 Å². The van der Waals surface area contributed by atoms with Crippen LogP contribution in [0.3, 0.4) is 0 Å². The van der Waals surface area contributed by atoms with Crippen molar-refractivity contribution in [2.45, 2.75) is 18.8 Å². The number of nitrogens with one attached hydrogen (secondary N) is 1. The molecule has 2 amide bonds. The first-order valence-electron chi connectivity index (χ1n) is 7.29. The maximum atomic E-state index is 13.4. The van der Waals surface area contributed by atoms with Crippen LogP contribution in [0.4, 0.5) is 13.6 Å². The zero-order valence-corrected chi connectivity index (χ0v) is 13.2. The predicted molar refractivity (Wildman–Crippen MR) is 86.9 cm³/mol. The number of allylic oxidation sites excluding steroid dienone is 3. The normalized spacial score (nSPS) is 20.4. The monoisotopic (exact) mass is 337 g/mol. The number of thiophene rings is 1. The van der Waals surface area contributed by atoms with Crippen molar-refractivity contribution >= 4 is 22.9 Å². The van der Waals surface area contributed by atoms with Gasteiger partial charge in [0.1, 0.15) is 0 Å². The lowest BCUT2D eigenvalue weighted by molar-refractivity contribution is 0.0196. The van der Waals surface area contributed by atoms with Gasteiger partial charge in [-0.05, 0) is 42.0 Å². The third-order valence-corrected chi connectivity index (χ3v) is 4.73. The van der Waals surface area contributed by atoms with Crippen molar-refractivity contribution in [2.75, 3.05) is 13.1 Å². The van der Waals surface area contributed by atoms with Crippen molar-refractivity contribution in [3.8, 4) is 0 Å². The third kappa shape index (κ3) is 3.61. The van der Waals surface area contributed by atoms with Gasteiger partial charge in [-0.25, -0.2) is 13.6 Å². The summed E-state index contributed by atoms with van der Waals surface area (Å²) in [6, 6.07) is 3.41. The van der Waals surface area contributed by atoms with Crippen LogP contribution < -0.4 is 11.1 Å². The van der Waals surface area contributed by atoms with E-state index >= 15 is 0 Å². The van der Waals surface area contributed by atoms with Crippen LogP contribution in [0.15, 0.2) is 47.1 Å². The molecule has 0 unspecified atom stereocenters. The van der Waals surface area contributed by atoms with Crippen LogP contribution in [-0.4, -0.2) is 29.9 Å². The minimum atomic E-state index is -2.99. The van der Waals surface area contributed by atoms with Crippen molar-refractivity contribution in [1.29, 1.82) is 0 Å². The van der Waals surface area contributed by atoms with Crippen molar-refractivity contribution in [3.63, 3.8) is 0 Å². The van der Waals surface area contributed by atoms with Crippen LogP contribution in [0.25, 0.3) is 5.57 Å². The summed E-state index contributed by atoms with van der Waals surface area (Å²) in [5.74, 6) is -2.99. The Balaban J connectivity index is 1.74. The van der Waals surface area contributed by atoms with Crippen molar-refractivity contribution in [1.82, 2.24) is 10.2 Å². The molecule has 2 heterocycles. The standard InChI is InChI=1S/C16H17F2N3OS/c17-16(18)6-2-7-21(10-16)15(22)20-13-9-11(4-5-12(13)19)14-3-1-8-23-14/h1-3,6,8-9H,4-5,7,10,19H2,(H,20,22). The van der Waals surface area contributed by atoms with Gasteiger partial charge in [-0.2, -0.15) is 0 Å². The molecule has 23 heavy (non-hydrogen) atoms. The van der Waals surface area contributed by atoms with E-state index in [2.05, 4.69) is 5.32 Å². The smallest absolute Gasteiger partial charge is 0.322 e. The number of hydrogen-bond donors (Lipinski definition) is 2. The zero-order chi connectivity index (χ0) is 16.4. The Labute approximate surface area is 137 Å². The number of alkyl halides is 2. The number of halogens is 2. The number of urea groups is 1. The first-order valence-corrected chi connectivity index (χ1v) is 8.17. The number of carbonyl (C=O) groups excluding carboxylic acids is 1. The summed E-state index contributed by atoms with van der Waals surface area (Å²) >= 11 is 1.62. The lowest BCUT2D eigenvalue weighted by Crippen LogP contribution is -2.47. The van der Waals surface area contributed by atoms with Gasteiger partial charge in [-0.15, -0.1) is 11.3 Å². The molecule has 0 saturated heterocycles. The summed E-state index contributed by atoms with van der Waals surface area (Å²) in [4.78, 5) is 14.4. The van der Waals surface area contributed by atoms with E-state index < -0.39 is 18.5 Å². The molecule has 3 N–H and O–H groups in total. The highest BCUT2D eigenvalue weighted by Gasteiger charge is 2.33. The fourth-order valence-corrected chi connectivity index (χ4v) is 3.36. The molecule has 1 aliphatic heterocycles. The van der Waals surface area contributed by atoms with E-state index in [1.54, 1.807) is 11.3 Å². The molecule has 3 rings (SSSR count). The summed E-state index contributed by atoms with van der Waals surface area (Å²) in [6.07, 6.45) is 5.40.